The molecule has 94 valence electrons. The Morgan fingerprint density at radius 2 is 2.28 bits per heavy atom. The summed E-state index contributed by atoms with van der Waals surface area (Å²) < 4.78 is 1.48. The molecule has 1 atom stereocenters. The molecule has 0 spiro atoms. The van der Waals surface area contributed by atoms with E-state index in [-0.39, 0.29) is 11.6 Å². The molecule has 1 aliphatic heterocycles. The highest BCUT2D eigenvalue weighted by Gasteiger charge is 2.17. The maximum atomic E-state index is 12.0. The van der Waals surface area contributed by atoms with E-state index in [0.717, 1.165) is 18.7 Å². The first-order valence-corrected chi connectivity index (χ1v) is 6.54. The van der Waals surface area contributed by atoms with Crippen molar-refractivity contribution in [2.24, 2.45) is 0 Å². The predicted molar refractivity (Wildman–Crippen MR) is 71.1 cm³/mol. The fraction of sp³-hybridized carbons (Fsp3) is 0.385. The zero-order valence-electron chi connectivity index (χ0n) is 9.90. The lowest BCUT2D eigenvalue weighted by Gasteiger charge is -2.22. The van der Waals surface area contributed by atoms with Gasteiger partial charge < -0.3 is 5.32 Å². The van der Waals surface area contributed by atoms with Gasteiger partial charge in [-0.15, -0.1) is 0 Å². The molecule has 2 aromatic rings. The summed E-state index contributed by atoms with van der Waals surface area (Å²) in [5.41, 5.74) is 1.40. The lowest BCUT2D eigenvalue weighted by molar-refractivity contribution is 0.405. The monoisotopic (exact) mass is 263 g/mol. The molecule has 1 N–H and O–H groups in total. The molecule has 0 amide bonds. The van der Waals surface area contributed by atoms with Crippen molar-refractivity contribution in [1.29, 1.82) is 0 Å². The van der Waals surface area contributed by atoms with Gasteiger partial charge in [-0.2, -0.15) is 0 Å². The molecule has 3 rings (SSSR count). The van der Waals surface area contributed by atoms with E-state index in [1.54, 1.807) is 24.4 Å². The SMILES string of the molecule is O=c1cc(C2CCCCN2)nc2ccc(Cl)cn12. The van der Waals surface area contributed by atoms with Gasteiger partial charge >= 0.3 is 0 Å². The van der Waals surface area contributed by atoms with Crippen LogP contribution in [0.15, 0.2) is 29.2 Å². The van der Waals surface area contributed by atoms with Gasteiger partial charge in [0.25, 0.3) is 5.56 Å². The quantitative estimate of drug-likeness (QED) is 0.858. The molecule has 0 saturated carbocycles. The first-order chi connectivity index (χ1) is 8.74. The number of piperidine rings is 1. The summed E-state index contributed by atoms with van der Waals surface area (Å²) in [6.07, 6.45) is 5.01. The smallest absolute Gasteiger partial charge is 0.258 e. The minimum atomic E-state index is -0.0788. The number of hydrogen-bond acceptors (Lipinski definition) is 3. The van der Waals surface area contributed by atoms with E-state index in [1.807, 2.05) is 0 Å². The van der Waals surface area contributed by atoms with Crippen molar-refractivity contribution < 1.29 is 0 Å². The second-order valence-electron chi connectivity index (χ2n) is 4.60. The minimum Gasteiger partial charge on any atom is -0.309 e. The fourth-order valence-electron chi connectivity index (χ4n) is 2.38. The zero-order valence-corrected chi connectivity index (χ0v) is 10.7. The van der Waals surface area contributed by atoms with Crippen LogP contribution in [-0.2, 0) is 0 Å². The Balaban J connectivity index is 2.09. The number of rotatable bonds is 1. The van der Waals surface area contributed by atoms with Gasteiger partial charge in [-0.3, -0.25) is 9.20 Å². The molecule has 2 aromatic heterocycles. The van der Waals surface area contributed by atoms with Crippen LogP contribution < -0.4 is 10.9 Å². The van der Waals surface area contributed by atoms with Crippen LogP contribution in [0.25, 0.3) is 5.65 Å². The fourth-order valence-corrected chi connectivity index (χ4v) is 2.54. The van der Waals surface area contributed by atoms with Crippen LogP contribution in [0.3, 0.4) is 0 Å². The maximum Gasteiger partial charge on any atom is 0.258 e. The van der Waals surface area contributed by atoms with Gasteiger partial charge in [0.1, 0.15) is 5.65 Å². The molecular formula is C13H14ClN3O. The van der Waals surface area contributed by atoms with E-state index in [2.05, 4.69) is 10.3 Å². The third-order valence-corrected chi connectivity index (χ3v) is 3.53. The molecule has 5 heteroatoms. The lowest BCUT2D eigenvalue weighted by Crippen LogP contribution is -2.29. The van der Waals surface area contributed by atoms with E-state index in [0.29, 0.717) is 10.7 Å². The summed E-state index contributed by atoms with van der Waals surface area (Å²) in [6.45, 7) is 0.992. The lowest BCUT2D eigenvalue weighted by atomic mass is 10.0. The van der Waals surface area contributed by atoms with E-state index in [1.165, 1.54) is 17.2 Å². The van der Waals surface area contributed by atoms with Crippen molar-refractivity contribution in [3.63, 3.8) is 0 Å². The topological polar surface area (TPSA) is 46.4 Å². The van der Waals surface area contributed by atoms with Crippen molar-refractivity contribution in [1.82, 2.24) is 14.7 Å². The van der Waals surface area contributed by atoms with E-state index < -0.39 is 0 Å². The van der Waals surface area contributed by atoms with Crippen molar-refractivity contribution >= 4 is 17.2 Å². The average molecular weight is 264 g/mol. The summed E-state index contributed by atoms with van der Waals surface area (Å²) in [5, 5.41) is 3.94. The summed E-state index contributed by atoms with van der Waals surface area (Å²) >= 11 is 5.88. The van der Waals surface area contributed by atoms with E-state index >= 15 is 0 Å². The summed E-state index contributed by atoms with van der Waals surface area (Å²) in [7, 11) is 0. The molecule has 0 bridgehead atoms. The molecule has 1 saturated heterocycles. The van der Waals surface area contributed by atoms with Crippen LogP contribution in [-0.4, -0.2) is 15.9 Å². The Bertz CT molecular complexity index is 632. The van der Waals surface area contributed by atoms with Crippen LogP contribution in [0.4, 0.5) is 0 Å². The Morgan fingerprint density at radius 3 is 3.06 bits per heavy atom. The van der Waals surface area contributed by atoms with Gasteiger partial charge in [0.15, 0.2) is 0 Å². The van der Waals surface area contributed by atoms with Gasteiger partial charge in [-0.25, -0.2) is 4.98 Å². The van der Waals surface area contributed by atoms with Crippen LogP contribution in [0.5, 0.6) is 0 Å². The zero-order chi connectivity index (χ0) is 12.5. The number of hydrogen-bond donors (Lipinski definition) is 1. The molecular weight excluding hydrogens is 250 g/mol. The van der Waals surface area contributed by atoms with Gasteiger partial charge in [0, 0.05) is 18.3 Å². The number of fused-ring (bicyclic) bond motifs is 1. The van der Waals surface area contributed by atoms with Crippen LogP contribution in [0.1, 0.15) is 31.0 Å². The molecule has 0 aliphatic carbocycles. The summed E-state index contributed by atoms with van der Waals surface area (Å²) in [6, 6.07) is 5.33. The molecule has 0 radical (unpaired) electrons. The van der Waals surface area contributed by atoms with Crippen molar-refractivity contribution in [2.45, 2.75) is 25.3 Å². The highest BCUT2D eigenvalue weighted by Crippen LogP contribution is 2.20. The molecule has 18 heavy (non-hydrogen) atoms. The van der Waals surface area contributed by atoms with E-state index in [9.17, 15) is 4.79 Å². The Morgan fingerprint density at radius 1 is 1.39 bits per heavy atom. The van der Waals surface area contributed by atoms with Gasteiger partial charge in [0.2, 0.25) is 0 Å². The summed E-state index contributed by atoms with van der Waals surface area (Å²) in [4.78, 5) is 16.6. The molecule has 1 aliphatic rings. The van der Waals surface area contributed by atoms with Crippen LogP contribution >= 0.6 is 11.6 Å². The molecule has 4 nitrogen and oxygen atoms in total. The number of nitrogens with zero attached hydrogens (tertiary/aromatic N) is 2. The highest BCUT2D eigenvalue weighted by atomic mass is 35.5. The van der Waals surface area contributed by atoms with E-state index in [4.69, 9.17) is 11.6 Å². The van der Waals surface area contributed by atoms with Crippen LogP contribution in [0.2, 0.25) is 5.02 Å². The highest BCUT2D eigenvalue weighted by molar-refractivity contribution is 6.30. The number of aromatic nitrogens is 2. The molecule has 1 unspecified atom stereocenters. The largest absolute Gasteiger partial charge is 0.309 e. The van der Waals surface area contributed by atoms with Crippen molar-refractivity contribution in [3.05, 3.63) is 45.5 Å². The maximum absolute atomic E-state index is 12.0. The standard InChI is InChI=1S/C13H14ClN3O/c14-9-4-5-12-16-11(7-13(18)17(12)8-9)10-3-1-2-6-15-10/h4-5,7-8,10,15H,1-3,6H2. The third-order valence-electron chi connectivity index (χ3n) is 3.31. The van der Waals surface area contributed by atoms with Gasteiger partial charge in [0.05, 0.1) is 10.7 Å². The molecule has 3 heterocycles. The first-order valence-electron chi connectivity index (χ1n) is 6.16. The normalized spacial score (nSPS) is 20.2. The van der Waals surface area contributed by atoms with Gasteiger partial charge in [-0.05, 0) is 31.5 Å². The average Bonchev–Trinajstić information content (AvgIpc) is 2.40. The number of nitrogens with one attached hydrogen (secondary N) is 1. The predicted octanol–water partition coefficient (Wildman–Crippen LogP) is 2.16. The van der Waals surface area contributed by atoms with Crippen molar-refractivity contribution in [3.8, 4) is 0 Å². The second kappa shape index (κ2) is 4.71. The third kappa shape index (κ3) is 2.13. The van der Waals surface area contributed by atoms with Gasteiger partial charge in [-0.1, -0.05) is 18.0 Å². The molecule has 1 fully saturated rings. The van der Waals surface area contributed by atoms with Crippen molar-refractivity contribution in [2.75, 3.05) is 6.54 Å². The Kier molecular flexibility index (Phi) is 3.06. The number of pyridine rings is 1. The van der Waals surface area contributed by atoms with Crippen LogP contribution in [0, 0.1) is 0 Å². The first kappa shape index (κ1) is 11.7. The Labute approximate surface area is 110 Å². The summed E-state index contributed by atoms with van der Waals surface area (Å²) in [5.74, 6) is 0. The second-order valence-corrected chi connectivity index (χ2v) is 5.03. The minimum absolute atomic E-state index is 0.0788. The Hall–Kier alpha value is -1.39. The number of halogens is 1. The molecule has 0 aromatic carbocycles.